The minimum absolute atomic E-state index is 0.504. The van der Waals surface area contributed by atoms with Crippen molar-refractivity contribution in [3.8, 4) is 0 Å². The van der Waals surface area contributed by atoms with Crippen molar-refractivity contribution < 1.29 is 0 Å². The van der Waals surface area contributed by atoms with Crippen LogP contribution in [0.2, 0.25) is 15.1 Å². The zero-order chi connectivity index (χ0) is 16.9. The Morgan fingerprint density at radius 2 is 1.75 bits per heavy atom. The van der Waals surface area contributed by atoms with Crippen LogP contribution in [0.25, 0.3) is 0 Å². The van der Waals surface area contributed by atoms with E-state index in [1.807, 2.05) is 35.0 Å². The van der Waals surface area contributed by atoms with Gasteiger partial charge in [0.1, 0.15) is 0 Å². The smallest absolute Gasteiger partial charge is 0.0949 e. The molecule has 3 rings (SSSR count). The van der Waals surface area contributed by atoms with Crippen LogP contribution in [-0.2, 0) is 6.54 Å². The van der Waals surface area contributed by atoms with Gasteiger partial charge in [0.25, 0.3) is 0 Å². The molecule has 0 saturated heterocycles. The van der Waals surface area contributed by atoms with Gasteiger partial charge in [0.15, 0.2) is 0 Å². The second-order valence-electron chi connectivity index (χ2n) is 5.01. The van der Waals surface area contributed by atoms with E-state index in [2.05, 4.69) is 15.5 Å². The molecule has 0 spiro atoms. The van der Waals surface area contributed by atoms with Crippen LogP contribution in [0.3, 0.4) is 0 Å². The molecule has 0 saturated carbocycles. The standard InChI is InChI=1S/C17H13Cl3N4/c18-13-6-4-12(5-7-13)16(10-24-9-8-21-11-24)22-23-17-14(19)2-1-3-15(17)20/h1-9,11,23H,10H2/b22-16+. The molecule has 3 aromatic rings. The van der Waals surface area contributed by atoms with Crippen LogP contribution in [0.15, 0.2) is 66.3 Å². The highest BCUT2D eigenvalue weighted by Gasteiger charge is 2.08. The fraction of sp³-hybridized carbons (Fsp3) is 0.0588. The Kier molecular flexibility index (Phi) is 5.41. The number of imidazole rings is 1. The molecule has 0 atom stereocenters. The lowest BCUT2D eigenvalue weighted by atomic mass is 10.1. The van der Waals surface area contributed by atoms with Gasteiger partial charge in [-0.25, -0.2) is 4.98 Å². The fourth-order valence-corrected chi connectivity index (χ4v) is 2.72. The highest BCUT2D eigenvalue weighted by Crippen LogP contribution is 2.29. The molecule has 0 bridgehead atoms. The Labute approximate surface area is 154 Å². The van der Waals surface area contributed by atoms with E-state index in [0.717, 1.165) is 11.3 Å². The molecule has 122 valence electrons. The van der Waals surface area contributed by atoms with Gasteiger partial charge in [0, 0.05) is 17.4 Å². The summed E-state index contributed by atoms with van der Waals surface area (Å²) in [7, 11) is 0. The lowest BCUT2D eigenvalue weighted by Gasteiger charge is -2.11. The first-order valence-corrected chi connectivity index (χ1v) is 8.25. The highest BCUT2D eigenvalue weighted by molar-refractivity contribution is 6.39. The summed E-state index contributed by atoms with van der Waals surface area (Å²) >= 11 is 18.3. The summed E-state index contributed by atoms with van der Waals surface area (Å²) in [6, 6.07) is 12.8. The average Bonchev–Trinajstić information content (AvgIpc) is 3.07. The second-order valence-corrected chi connectivity index (χ2v) is 6.26. The maximum atomic E-state index is 6.17. The molecule has 1 heterocycles. The van der Waals surface area contributed by atoms with Gasteiger partial charge < -0.3 is 4.57 Å². The van der Waals surface area contributed by atoms with E-state index < -0.39 is 0 Å². The zero-order valence-corrected chi connectivity index (χ0v) is 14.7. The number of hydrazone groups is 1. The molecule has 0 aliphatic heterocycles. The number of para-hydroxylation sites is 1. The van der Waals surface area contributed by atoms with E-state index in [1.54, 1.807) is 30.7 Å². The first-order valence-electron chi connectivity index (χ1n) is 7.12. The SMILES string of the molecule is Clc1ccc(/C(Cn2ccnc2)=N/Nc2c(Cl)cccc2Cl)cc1. The van der Waals surface area contributed by atoms with Gasteiger partial charge in [0.05, 0.1) is 34.3 Å². The van der Waals surface area contributed by atoms with Crippen molar-refractivity contribution in [2.24, 2.45) is 5.10 Å². The van der Waals surface area contributed by atoms with Crippen molar-refractivity contribution in [1.29, 1.82) is 0 Å². The van der Waals surface area contributed by atoms with Crippen LogP contribution in [0.4, 0.5) is 5.69 Å². The maximum absolute atomic E-state index is 6.17. The van der Waals surface area contributed by atoms with Crippen LogP contribution in [0.5, 0.6) is 0 Å². The number of anilines is 1. The van der Waals surface area contributed by atoms with Crippen LogP contribution >= 0.6 is 34.8 Å². The number of halogens is 3. The quantitative estimate of drug-likeness (QED) is 0.479. The molecule has 0 fully saturated rings. The summed E-state index contributed by atoms with van der Waals surface area (Å²) in [4.78, 5) is 4.05. The van der Waals surface area contributed by atoms with Gasteiger partial charge in [-0.2, -0.15) is 5.10 Å². The molecular formula is C17H13Cl3N4. The van der Waals surface area contributed by atoms with Crippen LogP contribution < -0.4 is 5.43 Å². The molecule has 1 aromatic heterocycles. The number of benzene rings is 2. The summed E-state index contributed by atoms with van der Waals surface area (Å²) in [5.41, 5.74) is 5.26. The minimum atomic E-state index is 0.504. The maximum Gasteiger partial charge on any atom is 0.0949 e. The number of nitrogens with zero attached hydrogens (tertiary/aromatic N) is 3. The second kappa shape index (κ2) is 7.71. The van der Waals surface area contributed by atoms with Crippen LogP contribution in [-0.4, -0.2) is 15.3 Å². The van der Waals surface area contributed by atoms with E-state index in [9.17, 15) is 0 Å². The zero-order valence-electron chi connectivity index (χ0n) is 12.5. The molecule has 0 amide bonds. The van der Waals surface area contributed by atoms with E-state index in [1.165, 1.54) is 0 Å². The Morgan fingerprint density at radius 3 is 2.38 bits per heavy atom. The monoisotopic (exact) mass is 378 g/mol. The van der Waals surface area contributed by atoms with Gasteiger partial charge in [-0.3, -0.25) is 5.43 Å². The molecule has 4 nitrogen and oxygen atoms in total. The average molecular weight is 380 g/mol. The molecule has 7 heteroatoms. The van der Waals surface area contributed by atoms with E-state index >= 15 is 0 Å². The molecule has 0 aliphatic rings. The highest BCUT2D eigenvalue weighted by atomic mass is 35.5. The molecule has 0 unspecified atom stereocenters. The number of hydrogen-bond donors (Lipinski definition) is 1. The Bertz CT molecular complexity index is 823. The number of hydrogen-bond acceptors (Lipinski definition) is 3. The largest absolute Gasteiger partial charge is 0.331 e. The van der Waals surface area contributed by atoms with Crippen molar-refractivity contribution in [3.05, 3.63) is 81.8 Å². The van der Waals surface area contributed by atoms with Crippen molar-refractivity contribution in [1.82, 2.24) is 9.55 Å². The molecule has 0 aliphatic carbocycles. The summed E-state index contributed by atoms with van der Waals surface area (Å²) in [5.74, 6) is 0. The van der Waals surface area contributed by atoms with Gasteiger partial charge in [-0.1, -0.05) is 53.0 Å². The fourth-order valence-electron chi connectivity index (χ4n) is 2.11. The number of aromatic nitrogens is 2. The first kappa shape index (κ1) is 16.8. The Morgan fingerprint density at radius 1 is 1.04 bits per heavy atom. The third-order valence-electron chi connectivity index (χ3n) is 3.33. The van der Waals surface area contributed by atoms with E-state index in [4.69, 9.17) is 34.8 Å². The summed E-state index contributed by atoms with van der Waals surface area (Å²) in [6.07, 6.45) is 5.32. The number of rotatable bonds is 5. The normalized spacial score (nSPS) is 11.5. The van der Waals surface area contributed by atoms with Crippen LogP contribution in [0.1, 0.15) is 5.56 Å². The topological polar surface area (TPSA) is 42.2 Å². The molecule has 0 radical (unpaired) electrons. The van der Waals surface area contributed by atoms with Crippen molar-refractivity contribution >= 4 is 46.2 Å². The molecular weight excluding hydrogens is 367 g/mol. The van der Waals surface area contributed by atoms with Crippen molar-refractivity contribution in [3.63, 3.8) is 0 Å². The summed E-state index contributed by atoms with van der Waals surface area (Å²) in [5, 5.41) is 6.17. The lowest BCUT2D eigenvalue weighted by molar-refractivity contribution is 0.848. The van der Waals surface area contributed by atoms with Gasteiger partial charge in [0.2, 0.25) is 0 Å². The van der Waals surface area contributed by atoms with E-state index in [-0.39, 0.29) is 0 Å². The van der Waals surface area contributed by atoms with Crippen molar-refractivity contribution in [2.75, 3.05) is 5.43 Å². The van der Waals surface area contributed by atoms with Gasteiger partial charge >= 0.3 is 0 Å². The third kappa shape index (κ3) is 4.09. The van der Waals surface area contributed by atoms with Gasteiger partial charge in [-0.05, 0) is 29.8 Å². The van der Waals surface area contributed by atoms with Crippen LogP contribution in [0, 0.1) is 0 Å². The molecule has 2 aromatic carbocycles. The number of nitrogens with one attached hydrogen (secondary N) is 1. The first-order chi connectivity index (χ1) is 11.6. The predicted octanol–water partition coefficient (Wildman–Crippen LogP) is 5.36. The minimum Gasteiger partial charge on any atom is -0.331 e. The molecule has 1 N–H and O–H groups in total. The summed E-state index contributed by atoms with van der Waals surface area (Å²) < 4.78 is 1.92. The Balaban J connectivity index is 1.92. The predicted molar refractivity (Wildman–Crippen MR) is 100 cm³/mol. The lowest BCUT2D eigenvalue weighted by Crippen LogP contribution is -2.12. The van der Waals surface area contributed by atoms with Gasteiger partial charge in [-0.15, -0.1) is 0 Å². The molecule has 24 heavy (non-hydrogen) atoms. The third-order valence-corrected chi connectivity index (χ3v) is 4.22. The van der Waals surface area contributed by atoms with Crippen molar-refractivity contribution in [2.45, 2.75) is 6.54 Å². The summed E-state index contributed by atoms with van der Waals surface area (Å²) in [6.45, 7) is 0.538. The van der Waals surface area contributed by atoms with E-state index in [0.29, 0.717) is 27.3 Å². The Hall–Kier alpha value is -2.01.